The van der Waals surface area contributed by atoms with Crippen LogP contribution in [0.4, 0.5) is 0 Å². The molecule has 0 radical (unpaired) electrons. The first kappa shape index (κ1) is 20.9. The number of aromatic nitrogens is 1. The molecule has 28 heavy (non-hydrogen) atoms. The lowest BCUT2D eigenvalue weighted by atomic mass is 10.0. The summed E-state index contributed by atoms with van der Waals surface area (Å²) in [5.74, 6) is 0. The van der Waals surface area contributed by atoms with Gasteiger partial charge in [-0.25, -0.2) is 0 Å². The van der Waals surface area contributed by atoms with Crippen molar-refractivity contribution < 1.29 is 13.2 Å². The summed E-state index contributed by atoms with van der Waals surface area (Å²) < 4.78 is 34.7. The van der Waals surface area contributed by atoms with E-state index >= 15 is 0 Å². The summed E-state index contributed by atoms with van der Waals surface area (Å²) in [7, 11) is -3.48. The number of morpholine rings is 1. The SMILES string of the molecule is CCN(CC)S(=O)(=O)N1CCOC(c2cc(Cc3ccccc3)cc(C)n2)C1. The van der Waals surface area contributed by atoms with Crippen molar-refractivity contribution in [3.8, 4) is 0 Å². The maximum atomic E-state index is 12.9. The highest BCUT2D eigenvalue weighted by Crippen LogP contribution is 2.25. The second-order valence-corrected chi connectivity index (χ2v) is 8.94. The zero-order valence-corrected chi connectivity index (χ0v) is 17.7. The van der Waals surface area contributed by atoms with Crippen LogP contribution in [-0.4, -0.2) is 54.8 Å². The molecule has 1 aliphatic heterocycles. The lowest BCUT2D eigenvalue weighted by molar-refractivity contribution is -0.00668. The van der Waals surface area contributed by atoms with Crippen LogP contribution < -0.4 is 0 Å². The Kier molecular flexibility index (Phi) is 6.82. The minimum Gasteiger partial charge on any atom is -0.369 e. The first-order valence-electron chi connectivity index (χ1n) is 9.82. The first-order valence-corrected chi connectivity index (χ1v) is 11.2. The molecule has 1 atom stereocenters. The fourth-order valence-electron chi connectivity index (χ4n) is 3.59. The largest absolute Gasteiger partial charge is 0.369 e. The third kappa shape index (κ3) is 4.78. The van der Waals surface area contributed by atoms with Crippen LogP contribution in [0.1, 0.15) is 42.5 Å². The fraction of sp³-hybridized carbons (Fsp3) is 0.476. The van der Waals surface area contributed by atoms with Crippen molar-refractivity contribution in [2.24, 2.45) is 0 Å². The van der Waals surface area contributed by atoms with Crippen LogP contribution in [0.5, 0.6) is 0 Å². The Hall–Kier alpha value is -1.80. The highest BCUT2D eigenvalue weighted by atomic mass is 32.2. The maximum Gasteiger partial charge on any atom is 0.282 e. The minimum absolute atomic E-state index is 0.292. The molecule has 0 amide bonds. The number of hydrogen-bond donors (Lipinski definition) is 0. The number of rotatable bonds is 7. The van der Waals surface area contributed by atoms with Gasteiger partial charge in [-0.1, -0.05) is 44.2 Å². The molecule has 2 heterocycles. The molecule has 1 aromatic heterocycles. The van der Waals surface area contributed by atoms with Gasteiger partial charge < -0.3 is 4.74 Å². The monoisotopic (exact) mass is 403 g/mol. The van der Waals surface area contributed by atoms with Crippen LogP contribution >= 0.6 is 0 Å². The van der Waals surface area contributed by atoms with Crippen LogP contribution in [0.3, 0.4) is 0 Å². The topological polar surface area (TPSA) is 62.7 Å². The fourth-order valence-corrected chi connectivity index (χ4v) is 5.20. The van der Waals surface area contributed by atoms with E-state index in [4.69, 9.17) is 4.74 Å². The zero-order chi connectivity index (χ0) is 20.1. The van der Waals surface area contributed by atoms with Gasteiger partial charge in [-0.2, -0.15) is 17.0 Å². The molecule has 0 N–H and O–H groups in total. The quantitative estimate of drug-likeness (QED) is 0.713. The van der Waals surface area contributed by atoms with Crippen molar-refractivity contribution >= 4 is 10.2 Å². The molecule has 152 valence electrons. The molecule has 1 fully saturated rings. The van der Waals surface area contributed by atoms with Crippen molar-refractivity contribution in [2.45, 2.75) is 33.3 Å². The van der Waals surface area contributed by atoms with Crippen LogP contribution in [0.25, 0.3) is 0 Å². The predicted molar refractivity (Wildman–Crippen MR) is 110 cm³/mol. The molecule has 6 nitrogen and oxygen atoms in total. The predicted octanol–water partition coefficient (Wildman–Crippen LogP) is 2.94. The van der Waals surface area contributed by atoms with E-state index in [2.05, 4.69) is 23.2 Å². The van der Waals surface area contributed by atoms with Crippen LogP contribution in [-0.2, 0) is 21.4 Å². The number of aryl methyl sites for hydroxylation is 1. The summed E-state index contributed by atoms with van der Waals surface area (Å²) in [4.78, 5) is 4.64. The molecular weight excluding hydrogens is 374 g/mol. The Morgan fingerprint density at radius 1 is 1.14 bits per heavy atom. The average molecular weight is 404 g/mol. The number of benzene rings is 1. The molecule has 0 saturated carbocycles. The smallest absolute Gasteiger partial charge is 0.282 e. The normalized spacial score (nSPS) is 18.5. The average Bonchev–Trinajstić information content (AvgIpc) is 2.69. The van der Waals surface area contributed by atoms with E-state index in [1.54, 1.807) is 0 Å². The molecule has 7 heteroatoms. The van der Waals surface area contributed by atoms with E-state index in [0.717, 1.165) is 23.4 Å². The van der Waals surface area contributed by atoms with Gasteiger partial charge in [0.2, 0.25) is 0 Å². The van der Waals surface area contributed by atoms with Gasteiger partial charge in [0.05, 0.1) is 12.3 Å². The van der Waals surface area contributed by atoms with Crippen molar-refractivity contribution in [1.82, 2.24) is 13.6 Å². The van der Waals surface area contributed by atoms with Crippen LogP contribution in [0, 0.1) is 6.92 Å². The molecule has 0 spiro atoms. The lowest BCUT2D eigenvalue weighted by Crippen LogP contribution is -2.49. The van der Waals surface area contributed by atoms with E-state index < -0.39 is 10.2 Å². The van der Waals surface area contributed by atoms with Crippen molar-refractivity contribution in [1.29, 1.82) is 0 Å². The third-order valence-electron chi connectivity index (χ3n) is 5.00. The molecule has 1 saturated heterocycles. The van der Waals surface area contributed by atoms with Gasteiger partial charge >= 0.3 is 0 Å². The number of nitrogens with zero attached hydrogens (tertiary/aromatic N) is 3. The maximum absolute atomic E-state index is 12.9. The van der Waals surface area contributed by atoms with E-state index in [-0.39, 0.29) is 6.10 Å². The van der Waals surface area contributed by atoms with E-state index in [9.17, 15) is 8.42 Å². The van der Waals surface area contributed by atoms with E-state index in [0.29, 0.717) is 32.8 Å². The van der Waals surface area contributed by atoms with E-state index in [1.807, 2.05) is 45.0 Å². The van der Waals surface area contributed by atoms with Gasteiger partial charge in [0, 0.05) is 31.9 Å². The number of hydrogen-bond acceptors (Lipinski definition) is 4. The van der Waals surface area contributed by atoms with E-state index in [1.165, 1.54) is 14.2 Å². The lowest BCUT2D eigenvalue weighted by Gasteiger charge is -2.35. The Balaban J connectivity index is 1.81. The summed E-state index contributed by atoms with van der Waals surface area (Å²) in [5, 5.41) is 0. The second kappa shape index (κ2) is 9.13. The van der Waals surface area contributed by atoms with Gasteiger partial charge in [0.25, 0.3) is 10.2 Å². The molecule has 0 aliphatic carbocycles. The summed E-state index contributed by atoms with van der Waals surface area (Å²) in [6, 6.07) is 14.4. The Bertz CT molecular complexity index is 883. The Labute approximate surface area is 168 Å². The van der Waals surface area contributed by atoms with Crippen molar-refractivity contribution in [3.05, 3.63) is 65.0 Å². The highest BCUT2D eigenvalue weighted by molar-refractivity contribution is 7.86. The molecule has 0 bridgehead atoms. The van der Waals surface area contributed by atoms with Crippen LogP contribution in [0.15, 0.2) is 42.5 Å². The van der Waals surface area contributed by atoms with Gasteiger partial charge in [0.15, 0.2) is 0 Å². The summed E-state index contributed by atoms with van der Waals surface area (Å²) >= 11 is 0. The first-order chi connectivity index (χ1) is 13.4. The third-order valence-corrected chi connectivity index (χ3v) is 7.15. The highest BCUT2D eigenvalue weighted by Gasteiger charge is 2.34. The molecular formula is C21H29N3O3S. The van der Waals surface area contributed by atoms with Gasteiger partial charge in [-0.3, -0.25) is 4.98 Å². The van der Waals surface area contributed by atoms with Crippen LogP contribution in [0.2, 0.25) is 0 Å². The molecule has 1 aromatic carbocycles. The molecule has 3 rings (SSSR count). The number of ether oxygens (including phenoxy) is 1. The summed E-state index contributed by atoms with van der Waals surface area (Å²) in [6.45, 7) is 7.64. The second-order valence-electron chi connectivity index (χ2n) is 7.01. The number of pyridine rings is 1. The summed E-state index contributed by atoms with van der Waals surface area (Å²) in [6.07, 6.45) is 0.458. The van der Waals surface area contributed by atoms with Gasteiger partial charge in [-0.05, 0) is 36.6 Å². The zero-order valence-electron chi connectivity index (χ0n) is 16.8. The van der Waals surface area contributed by atoms with Crippen molar-refractivity contribution in [2.75, 3.05) is 32.8 Å². The van der Waals surface area contributed by atoms with Gasteiger partial charge in [0.1, 0.15) is 6.10 Å². The Morgan fingerprint density at radius 2 is 1.86 bits per heavy atom. The minimum atomic E-state index is -3.48. The standard InChI is InChI=1S/C21H29N3O3S/c1-4-23(5-2)28(25,26)24-11-12-27-21(16-24)20-15-19(13-17(3)22-20)14-18-9-7-6-8-10-18/h6-10,13,15,21H,4-5,11-12,14,16H2,1-3H3. The Morgan fingerprint density at radius 3 is 2.54 bits per heavy atom. The summed E-state index contributed by atoms with van der Waals surface area (Å²) in [5.41, 5.74) is 4.09. The van der Waals surface area contributed by atoms with Crippen molar-refractivity contribution in [3.63, 3.8) is 0 Å². The molecule has 2 aromatic rings. The molecule has 1 aliphatic rings. The van der Waals surface area contributed by atoms with Gasteiger partial charge in [-0.15, -0.1) is 0 Å². The molecule has 1 unspecified atom stereocenters.